The van der Waals surface area contributed by atoms with Crippen molar-refractivity contribution in [2.75, 3.05) is 22.6 Å². The van der Waals surface area contributed by atoms with Crippen LogP contribution in [0.25, 0.3) is 0 Å². The van der Waals surface area contributed by atoms with Crippen LogP contribution in [0.4, 0.5) is 11.4 Å². The number of nitrogens with zero attached hydrogens (tertiary/aromatic N) is 1. The second-order valence-corrected chi connectivity index (χ2v) is 8.28. The van der Waals surface area contributed by atoms with Gasteiger partial charge >= 0.3 is 0 Å². The van der Waals surface area contributed by atoms with Gasteiger partial charge in [-0.3, -0.25) is 14.5 Å². The molecule has 0 radical (unpaired) electrons. The van der Waals surface area contributed by atoms with Crippen LogP contribution in [-0.2, 0) is 4.79 Å². The number of rotatable bonds is 6. The second-order valence-electron chi connectivity index (χ2n) is 7.21. The van der Waals surface area contributed by atoms with E-state index in [-0.39, 0.29) is 17.2 Å². The second kappa shape index (κ2) is 9.27. The number of benzene rings is 3. The predicted octanol–water partition coefficient (Wildman–Crippen LogP) is 5.42. The summed E-state index contributed by atoms with van der Waals surface area (Å²) in [7, 11) is 0. The Morgan fingerprint density at radius 2 is 1.77 bits per heavy atom. The molecule has 1 aliphatic heterocycles. The maximum atomic E-state index is 12.9. The van der Waals surface area contributed by atoms with Crippen molar-refractivity contribution in [1.29, 1.82) is 0 Å². The minimum Gasteiger partial charge on any atom is -0.494 e. The van der Waals surface area contributed by atoms with Gasteiger partial charge in [0.25, 0.3) is 5.91 Å². The lowest BCUT2D eigenvalue weighted by molar-refractivity contribution is -0.115. The number of amides is 2. The van der Waals surface area contributed by atoms with E-state index < -0.39 is 0 Å². The third-order valence-corrected chi connectivity index (χ3v) is 6.35. The van der Waals surface area contributed by atoms with Gasteiger partial charge in [0.15, 0.2) is 0 Å². The summed E-state index contributed by atoms with van der Waals surface area (Å²) in [6, 6.07) is 22.7. The summed E-state index contributed by atoms with van der Waals surface area (Å²) in [6.07, 6.45) is 0. The van der Waals surface area contributed by atoms with Crippen molar-refractivity contribution >= 4 is 35.0 Å². The molecule has 1 aliphatic rings. The quantitative estimate of drug-likeness (QED) is 0.565. The lowest BCUT2D eigenvalue weighted by Crippen LogP contribution is -2.28. The van der Waals surface area contributed by atoms with Crippen LogP contribution in [0.2, 0.25) is 0 Å². The van der Waals surface area contributed by atoms with Crippen molar-refractivity contribution in [2.24, 2.45) is 0 Å². The molecule has 0 bridgehead atoms. The molecule has 0 saturated carbocycles. The van der Waals surface area contributed by atoms with Gasteiger partial charge in [0, 0.05) is 22.5 Å². The first kappa shape index (κ1) is 21.0. The van der Waals surface area contributed by atoms with E-state index in [0.29, 0.717) is 23.6 Å². The number of hydrogen-bond acceptors (Lipinski definition) is 4. The molecule has 0 aliphatic carbocycles. The SMILES string of the molecule is CCOc1ccc(N2C(=O)CSC2c2ccccc2NC(=O)c2ccccc2C)cc1. The maximum Gasteiger partial charge on any atom is 0.255 e. The molecular weight excluding hydrogens is 408 g/mol. The van der Waals surface area contributed by atoms with Gasteiger partial charge < -0.3 is 10.1 Å². The zero-order valence-corrected chi connectivity index (χ0v) is 18.3. The molecule has 1 N–H and O–H groups in total. The summed E-state index contributed by atoms with van der Waals surface area (Å²) in [5.41, 5.74) is 3.96. The standard InChI is InChI=1S/C25H24N2O3S/c1-3-30-19-14-12-18(13-15-19)27-23(28)16-31-25(27)21-10-6-7-11-22(21)26-24(29)20-9-5-4-8-17(20)2/h4-15,25H,3,16H2,1-2H3,(H,26,29). The van der Waals surface area contributed by atoms with Crippen LogP contribution in [0.15, 0.2) is 72.8 Å². The van der Waals surface area contributed by atoms with Gasteiger partial charge in [0.1, 0.15) is 11.1 Å². The lowest BCUT2D eigenvalue weighted by Gasteiger charge is -2.26. The zero-order valence-electron chi connectivity index (χ0n) is 17.5. The first-order valence-electron chi connectivity index (χ1n) is 10.2. The molecule has 1 atom stereocenters. The van der Waals surface area contributed by atoms with Crippen molar-refractivity contribution in [3.05, 3.63) is 89.5 Å². The van der Waals surface area contributed by atoms with Gasteiger partial charge in [-0.15, -0.1) is 11.8 Å². The Morgan fingerprint density at radius 3 is 2.52 bits per heavy atom. The molecule has 3 aromatic carbocycles. The van der Waals surface area contributed by atoms with Crippen LogP contribution in [-0.4, -0.2) is 24.2 Å². The number of thioether (sulfide) groups is 1. The fourth-order valence-electron chi connectivity index (χ4n) is 3.65. The van der Waals surface area contributed by atoms with E-state index in [1.165, 1.54) is 0 Å². The molecular formula is C25H24N2O3S. The third kappa shape index (κ3) is 4.44. The Hall–Kier alpha value is -3.25. The average molecular weight is 433 g/mol. The summed E-state index contributed by atoms with van der Waals surface area (Å²) < 4.78 is 5.52. The number of ether oxygens (including phenoxy) is 1. The topological polar surface area (TPSA) is 58.6 Å². The third-order valence-electron chi connectivity index (χ3n) is 5.16. The van der Waals surface area contributed by atoms with E-state index in [2.05, 4.69) is 5.32 Å². The van der Waals surface area contributed by atoms with Crippen molar-refractivity contribution in [1.82, 2.24) is 0 Å². The molecule has 1 heterocycles. The number of para-hydroxylation sites is 1. The number of anilines is 2. The van der Waals surface area contributed by atoms with E-state index in [0.717, 1.165) is 22.6 Å². The summed E-state index contributed by atoms with van der Waals surface area (Å²) in [4.78, 5) is 27.5. The van der Waals surface area contributed by atoms with E-state index in [1.807, 2.05) is 86.6 Å². The Bertz CT molecular complexity index is 1100. The van der Waals surface area contributed by atoms with Crippen LogP contribution >= 0.6 is 11.8 Å². The number of nitrogens with one attached hydrogen (secondary N) is 1. The highest BCUT2D eigenvalue weighted by atomic mass is 32.2. The van der Waals surface area contributed by atoms with E-state index in [4.69, 9.17) is 4.74 Å². The van der Waals surface area contributed by atoms with Gasteiger partial charge in [0.05, 0.1) is 12.4 Å². The van der Waals surface area contributed by atoms with Crippen LogP contribution in [0.1, 0.15) is 33.8 Å². The highest BCUT2D eigenvalue weighted by Crippen LogP contribution is 2.44. The van der Waals surface area contributed by atoms with Crippen molar-refractivity contribution in [3.8, 4) is 5.75 Å². The van der Waals surface area contributed by atoms with E-state index in [9.17, 15) is 9.59 Å². The highest BCUT2D eigenvalue weighted by Gasteiger charge is 2.35. The molecule has 0 aromatic heterocycles. The molecule has 1 saturated heterocycles. The van der Waals surface area contributed by atoms with Crippen LogP contribution in [0, 0.1) is 6.92 Å². The Kier molecular flexibility index (Phi) is 6.28. The van der Waals surface area contributed by atoms with Gasteiger partial charge in [-0.1, -0.05) is 36.4 Å². The normalized spacial score (nSPS) is 15.7. The largest absolute Gasteiger partial charge is 0.494 e. The van der Waals surface area contributed by atoms with E-state index in [1.54, 1.807) is 16.7 Å². The first-order chi connectivity index (χ1) is 15.1. The zero-order chi connectivity index (χ0) is 21.8. The minimum absolute atomic E-state index is 0.0409. The fourth-order valence-corrected chi connectivity index (χ4v) is 4.86. The lowest BCUT2D eigenvalue weighted by atomic mass is 10.1. The number of carbonyl (C=O) groups is 2. The van der Waals surface area contributed by atoms with E-state index >= 15 is 0 Å². The summed E-state index contributed by atoms with van der Waals surface area (Å²) >= 11 is 1.56. The van der Waals surface area contributed by atoms with Crippen LogP contribution in [0.3, 0.4) is 0 Å². The highest BCUT2D eigenvalue weighted by molar-refractivity contribution is 8.00. The Morgan fingerprint density at radius 1 is 1.06 bits per heavy atom. The molecule has 6 heteroatoms. The average Bonchev–Trinajstić information content (AvgIpc) is 3.16. The van der Waals surface area contributed by atoms with Crippen LogP contribution in [0.5, 0.6) is 5.75 Å². The van der Waals surface area contributed by atoms with Crippen molar-refractivity contribution < 1.29 is 14.3 Å². The fraction of sp³-hybridized carbons (Fsp3) is 0.200. The van der Waals surface area contributed by atoms with Crippen LogP contribution < -0.4 is 15.0 Å². The van der Waals surface area contributed by atoms with Gasteiger partial charge in [0.2, 0.25) is 5.91 Å². The molecule has 158 valence electrons. The molecule has 3 aromatic rings. The summed E-state index contributed by atoms with van der Waals surface area (Å²) in [5.74, 6) is 1.04. The number of hydrogen-bond donors (Lipinski definition) is 1. The summed E-state index contributed by atoms with van der Waals surface area (Å²) in [6.45, 7) is 4.45. The molecule has 2 amide bonds. The molecule has 1 unspecified atom stereocenters. The molecule has 5 nitrogen and oxygen atoms in total. The maximum absolute atomic E-state index is 12.9. The summed E-state index contributed by atoms with van der Waals surface area (Å²) in [5, 5.41) is 2.82. The number of carbonyl (C=O) groups excluding carboxylic acids is 2. The monoisotopic (exact) mass is 432 g/mol. The molecule has 4 rings (SSSR count). The van der Waals surface area contributed by atoms with Crippen molar-refractivity contribution in [2.45, 2.75) is 19.2 Å². The Balaban J connectivity index is 1.63. The van der Waals surface area contributed by atoms with Gasteiger partial charge in [-0.2, -0.15) is 0 Å². The smallest absolute Gasteiger partial charge is 0.255 e. The van der Waals surface area contributed by atoms with Gasteiger partial charge in [-0.05, 0) is 55.8 Å². The predicted molar refractivity (Wildman–Crippen MR) is 126 cm³/mol. The number of aryl methyl sites for hydroxylation is 1. The van der Waals surface area contributed by atoms with Gasteiger partial charge in [-0.25, -0.2) is 0 Å². The molecule has 1 fully saturated rings. The van der Waals surface area contributed by atoms with Crippen molar-refractivity contribution in [3.63, 3.8) is 0 Å². The first-order valence-corrected chi connectivity index (χ1v) is 11.3. The molecule has 0 spiro atoms. The molecule has 31 heavy (non-hydrogen) atoms. The Labute approximate surface area is 186 Å². The minimum atomic E-state index is -0.223.